The number of H-pyrrole nitrogens is 1. The number of nitrogens with one attached hydrogen (secondary N) is 1. The first kappa shape index (κ1) is 16.8. The van der Waals surface area contributed by atoms with Gasteiger partial charge in [0.25, 0.3) is 5.91 Å². The van der Waals surface area contributed by atoms with Gasteiger partial charge in [-0.05, 0) is 62.3 Å². The third-order valence-corrected chi connectivity index (χ3v) is 6.40. The fraction of sp³-hybridized carbons (Fsp3) is 0.545. The summed E-state index contributed by atoms with van der Waals surface area (Å²) in [7, 11) is 0. The van der Waals surface area contributed by atoms with Gasteiger partial charge in [-0.15, -0.1) is 0 Å². The molecule has 2 fully saturated rings. The number of aromatic nitrogens is 1. The molecular weight excluding hydrogens is 338 g/mol. The Balaban J connectivity index is 1.33. The van der Waals surface area contributed by atoms with Crippen molar-refractivity contribution in [1.82, 2.24) is 14.8 Å². The van der Waals surface area contributed by atoms with Crippen LogP contribution in [0, 0.1) is 5.92 Å². The van der Waals surface area contributed by atoms with E-state index in [1.54, 1.807) is 0 Å². The summed E-state index contributed by atoms with van der Waals surface area (Å²) in [5.74, 6) is 0.649. The van der Waals surface area contributed by atoms with E-state index in [1.807, 2.05) is 15.9 Å². The highest BCUT2D eigenvalue weighted by Gasteiger charge is 2.35. The predicted molar refractivity (Wildman–Crippen MR) is 105 cm³/mol. The number of carbonyl (C=O) groups is 2. The lowest BCUT2D eigenvalue weighted by Crippen LogP contribution is -2.51. The molecule has 2 heterocycles. The Morgan fingerprint density at radius 3 is 2.44 bits per heavy atom. The number of piperazine rings is 1. The minimum atomic E-state index is 0.0963. The van der Waals surface area contributed by atoms with E-state index in [1.165, 1.54) is 35.9 Å². The van der Waals surface area contributed by atoms with E-state index < -0.39 is 0 Å². The van der Waals surface area contributed by atoms with Crippen LogP contribution in [0.2, 0.25) is 0 Å². The molecule has 5 heteroatoms. The van der Waals surface area contributed by atoms with E-state index >= 15 is 0 Å². The van der Waals surface area contributed by atoms with Gasteiger partial charge in [-0.3, -0.25) is 9.59 Å². The van der Waals surface area contributed by atoms with Crippen LogP contribution in [0.3, 0.4) is 0 Å². The average Bonchev–Trinajstić information content (AvgIpc) is 3.52. The van der Waals surface area contributed by atoms with Crippen LogP contribution in [0.15, 0.2) is 18.2 Å². The number of hydrogen-bond donors (Lipinski definition) is 1. The first-order valence-corrected chi connectivity index (χ1v) is 10.4. The molecule has 0 spiro atoms. The van der Waals surface area contributed by atoms with E-state index in [2.05, 4.69) is 17.1 Å². The van der Waals surface area contributed by atoms with Crippen LogP contribution in [-0.4, -0.2) is 52.8 Å². The van der Waals surface area contributed by atoms with Crippen LogP contribution in [0.5, 0.6) is 0 Å². The van der Waals surface area contributed by atoms with Crippen molar-refractivity contribution in [3.05, 3.63) is 35.0 Å². The molecule has 1 N–H and O–H groups in total. The van der Waals surface area contributed by atoms with E-state index in [0.717, 1.165) is 36.8 Å². The molecule has 0 radical (unpaired) electrons. The highest BCUT2D eigenvalue weighted by molar-refractivity contribution is 5.99. The van der Waals surface area contributed by atoms with E-state index in [0.29, 0.717) is 32.1 Å². The normalized spacial score (nSPS) is 20.4. The Morgan fingerprint density at radius 2 is 1.67 bits per heavy atom. The molecule has 5 rings (SSSR count). The van der Waals surface area contributed by atoms with Crippen molar-refractivity contribution in [2.75, 3.05) is 26.2 Å². The lowest BCUT2D eigenvalue weighted by molar-refractivity contribution is -0.134. The topological polar surface area (TPSA) is 56.4 Å². The molecule has 1 aromatic heterocycles. The van der Waals surface area contributed by atoms with Crippen LogP contribution in [0.4, 0.5) is 0 Å². The van der Waals surface area contributed by atoms with Gasteiger partial charge in [0.05, 0.1) is 0 Å². The Kier molecular flexibility index (Phi) is 4.18. The second kappa shape index (κ2) is 6.70. The smallest absolute Gasteiger partial charge is 0.253 e. The van der Waals surface area contributed by atoms with Gasteiger partial charge >= 0.3 is 0 Å². The number of amides is 2. The van der Waals surface area contributed by atoms with Crippen molar-refractivity contribution < 1.29 is 9.59 Å². The standard InChI is InChI=1S/C22H27N3O2/c26-21(15-6-7-15)24-10-12-25(13-11-24)22(27)16-8-9-20-18(14-16)17-4-2-1-3-5-19(17)23-20/h8-9,14-15,23H,1-7,10-13H2. The summed E-state index contributed by atoms with van der Waals surface area (Å²) in [5, 5.41) is 1.22. The summed E-state index contributed by atoms with van der Waals surface area (Å²) in [6.07, 6.45) is 8.06. The SMILES string of the molecule is O=C(c1ccc2[nH]c3c(c2c1)CCCCC3)N1CCN(C(=O)C2CC2)CC1. The summed E-state index contributed by atoms with van der Waals surface area (Å²) in [6, 6.07) is 6.09. The Morgan fingerprint density at radius 1 is 0.926 bits per heavy atom. The van der Waals surface area contributed by atoms with Crippen molar-refractivity contribution in [1.29, 1.82) is 0 Å². The molecule has 2 aliphatic carbocycles. The average molecular weight is 365 g/mol. The number of nitrogens with zero attached hydrogens (tertiary/aromatic N) is 2. The number of rotatable bonds is 2. The van der Waals surface area contributed by atoms with Crippen molar-refractivity contribution in [3.8, 4) is 0 Å². The number of aryl methyl sites for hydroxylation is 2. The molecule has 1 aromatic carbocycles. The molecule has 0 atom stereocenters. The maximum Gasteiger partial charge on any atom is 0.253 e. The van der Waals surface area contributed by atoms with Gasteiger partial charge in [-0.2, -0.15) is 0 Å². The zero-order valence-corrected chi connectivity index (χ0v) is 15.8. The van der Waals surface area contributed by atoms with Gasteiger partial charge in [-0.1, -0.05) is 6.42 Å². The Hall–Kier alpha value is -2.30. The second-order valence-corrected chi connectivity index (χ2v) is 8.29. The number of fused-ring (bicyclic) bond motifs is 3. The van der Waals surface area contributed by atoms with Crippen molar-refractivity contribution >= 4 is 22.7 Å². The highest BCUT2D eigenvalue weighted by Crippen LogP contribution is 2.32. The number of benzene rings is 1. The highest BCUT2D eigenvalue weighted by atomic mass is 16.2. The third-order valence-electron chi connectivity index (χ3n) is 6.40. The summed E-state index contributed by atoms with van der Waals surface area (Å²) in [6.45, 7) is 2.62. The lowest BCUT2D eigenvalue weighted by Gasteiger charge is -2.35. The molecule has 1 aliphatic heterocycles. The number of carbonyl (C=O) groups excluding carboxylic acids is 2. The van der Waals surface area contributed by atoms with Crippen LogP contribution in [0.25, 0.3) is 10.9 Å². The van der Waals surface area contributed by atoms with Gasteiger partial charge in [0, 0.05) is 54.3 Å². The lowest BCUT2D eigenvalue weighted by atomic mass is 10.0. The quantitative estimate of drug-likeness (QED) is 0.832. The monoisotopic (exact) mass is 365 g/mol. The largest absolute Gasteiger partial charge is 0.358 e. The van der Waals surface area contributed by atoms with Gasteiger partial charge in [0.2, 0.25) is 5.91 Å². The minimum absolute atomic E-state index is 0.0963. The van der Waals surface area contributed by atoms with E-state index in [9.17, 15) is 9.59 Å². The molecule has 142 valence electrons. The third kappa shape index (κ3) is 3.13. The molecule has 1 saturated carbocycles. The molecular formula is C22H27N3O2. The minimum Gasteiger partial charge on any atom is -0.358 e. The fourth-order valence-corrected chi connectivity index (χ4v) is 4.62. The number of hydrogen-bond acceptors (Lipinski definition) is 2. The first-order valence-electron chi connectivity index (χ1n) is 10.4. The summed E-state index contributed by atoms with van der Waals surface area (Å²) in [4.78, 5) is 32.7. The van der Waals surface area contributed by atoms with Gasteiger partial charge < -0.3 is 14.8 Å². The molecule has 0 bridgehead atoms. The van der Waals surface area contributed by atoms with Gasteiger partial charge in [0.1, 0.15) is 0 Å². The van der Waals surface area contributed by atoms with Crippen LogP contribution < -0.4 is 0 Å². The first-order chi connectivity index (χ1) is 13.2. The predicted octanol–water partition coefficient (Wildman–Crippen LogP) is 3.13. The number of aromatic amines is 1. The van der Waals surface area contributed by atoms with Gasteiger partial charge in [0.15, 0.2) is 0 Å². The molecule has 2 amide bonds. The molecule has 0 unspecified atom stereocenters. The second-order valence-electron chi connectivity index (χ2n) is 8.29. The Labute approximate surface area is 159 Å². The van der Waals surface area contributed by atoms with Gasteiger partial charge in [-0.25, -0.2) is 0 Å². The van der Waals surface area contributed by atoms with Crippen molar-refractivity contribution in [2.45, 2.75) is 44.9 Å². The van der Waals surface area contributed by atoms with Crippen molar-refractivity contribution in [2.24, 2.45) is 5.92 Å². The van der Waals surface area contributed by atoms with Crippen LogP contribution >= 0.6 is 0 Å². The maximum absolute atomic E-state index is 13.0. The van der Waals surface area contributed by atoms with Crippen molar-refractivity contribution in [3.63, 3.8) is 0 Å². The molecule has 27 heavy (non-hydrogen) atoms. The van der Waals surface area contributed by atoms with E-state index in [4.69, 9.17) is 0 Å². The zero-order chi connectivity index (χ0) is 18.4. The molecule has 2 aromatic rings. The van der Waals surface area contributed by atoms with Crippen LogP contribution in [-0.2, 0) is 17.6 Å². The molecule has 1 saturated heterocycles. The fourth-order valence-electron chi connectivity index (χ4n) is 4.62. The van der Waals surface area contributed by atoms with Crippen LogP contribution in [0.1, 0.15) is 53.7 Å². The maximum atomic E-state index is 13.0. The zero-order valence-electron chi connectivity index (χ0n) is 15.8. The summed E-state index contributed by atoms with van der Waals surface area (Å²) >= 11 is 0. The Bertz CT molecular complexity index is 888. The molecule has 3 aliphatic rings. The molecule has 5 nitrogen and oxygen atoms in total. The van der Waals surface area contributed by atoms with E-state index in [-0.39, 0.29) is 11.8 Å². The summed E-state index contributed by atoms with van der Waals surface area (Å²) in [5.41, 5.74) is 4.70. The summed E-state index contributed by atoms with van der Waals surface area (Å²) < 4.78 is 0.